The Kier molecular flexibility index (Phi) is 3.33. The molecule has 4 nitrogen and oxygen atoms in total. The summed E-state index contributed by atoms with van der Waals surface area (Å²) >= 11 is 0. The smallest absolute Gasteiger partial charge is 0.311 e. The molecule has 1 aromatic carbocycles. The number of hydrogen-bond acceptors (Lipinski definition) is 2. The monoisotopic (exact) mass is 242 g/mol. The average Bonchev–Trinajstić information content (AvgIpc) is 2.68. The Morgan fingerprint density at radius 3 is 2.89 bits per heavy atom. The van der Waals surface area contributed by atoms with Crippen LogP contribution in [0.5, 0.6) is 0 Å². The quantitative estimate of drug-likeness (QED) is 0.896. The highest BCUT2D eigenvalue weighted by Gasteiger charge is 2.23. The molecule has 0 amide bonds. The lowest BCUT2D eigenvalue weighted by Gasteiger charge is -2.09. The fourth-order valence-corrected chi connectivity index (χ4v) is 2.27. The van der Waals surface area contributed by atoms with Crippen molar-refractivity contribution in [2.24, 2.45) is 7.05 Å². The zero-order valence-corrected chi connectivity index (χ0v) is 10.1. The molecular formula is C14H14N2O2. The molecule has 0 saturated heterocycles. The lowest BCUT2D eigenvalue weighted by atomic mass is 9.94. The number of rotatable bonds is 4. The zero-order chi connectivity index (χ0) is 13.1. The van der Waals surface area contributed by atoms with Gasteiger partial charge in [0, 0.05) is 30.6 Å². The van der Waals surface area contributed by atoms with Crippen LogP contribution in [-0.2, 0) is 11.8 Å². The number of carboxylic acids is 1. The SMILES string of the molecule is Cn1cc(C(CCC#N)C(=O)O)c2ccccc21. The largest absolute Gasteiger partial charge is 0.481 e. The highest BCUT2D eigenvalue weighted by Crippen LogP contribution is 2.30. The summed E-state index contributed by atoms with van der Waals surface area (Å²) in [6.45, 7) is 0. The molecule has 0 saturated carbocycles. The second kappa shape index (κ2) is 4.92. The van der Waals surface area contributed by atoms with Gasteiger partial charge < -0.3 is 9.67 Å². The van der Waals surface area contributed by atoms with E-state index in [2.05, 4.69) is 0 Å². The minimum absolute atomic E-state index is 0.250. The number of hydrogen-bond donors (Lipinski definition) is 1. The highest BCUT2D eigenvalue weighted by atomic mass is 16.4. The molecule has 0 radical (unpaired) electrons. The maximum Gasteiger partial charge on any atom is 0.311 e. The van der Waals surface area contributed by atoms with Crippen LogP contribution in [0.25, 0.3) is 10.9 Å². The molecule has 2 aromatic rings. The first-order valence-electron chi connectivity index (χ1n) is 5.79. The van der Waals surface area contributed by atoms with Gasteiger partial charge in [-0.25, -0.2) is 0 Å². The molecule has 1 heterocycles. The third kappa shape index (κ3) is 2.07. The number of benzene rings is 1. The fourth-order valence-electron chi connectivity index (χ4n) is 2.27. The normalized spacial score (nSPS) is 12.2. The van der Waals surface area contributed by atoms with Gasteiger partial charge in [0.25, 0.3) is 0 Å². The number of aromatic nitrogens is 1. The predicted molar refractivity (Wildman–Crippen MR) is 68.1 cm³/mol. The van der Waals surface area contributed by atoms with Gasteiger partial charge in [-0.05, 0) is 18.1 Å². The van der Waals surface area contributed by atoms with Crippen molar-refractivity contribution in [1.29, 1.82) is 5.26 Å². The van der Waals surface area contributed by atoms with Crippen LogP contribution in [-0.4, -0.2) is 15.6 Å². The van der Waals surface area contributed by atoms with Gasteiger partial charge in [-0.2, -0.15) is 5.26 Å². The topological polar surface area (TPSA) is 66.0 Å². The summed E-state index contributed by atoms with van der Waals surface area (Å²) in [6.07, 6.45) is 2.45. The Hall–Kier alpha value is -2.28. The van der Waals surface area contributed by atoms with Crippen molar-refractivity contribution in [2.45, 2.75) is 18.8 Å². The summed E-state index contributed by atoms with van der Waals surface area (Å²) in [5.74, 6) is -1.49. The standard InChI is InChI=1S/C14H14N2O2/c1-16-9-12(10-5-2-3-7-13(10)16)11(14(17)18)6-4-8-15/h2-3,5,7,9,11H,4,6H2,1H3,(H,17,18). The summed E-state index contributed by atoms with van der Waals surface area (Å²) in [7, 11) is 1.90. The molecule has 18 heavy (non-hydrogen) atoms. The van der Waals surface area contributed by atoms with Crippen molar-refractivity contribution in [3.8, 4) is 6.07 Å². The van der Waals surface area contributed by atoms with E-state index in [-0.39, 0.29) is 6.42 Å². The summed E-state index contributed by atoms with van der Waals surface area (Å²) in [6, 6.07) is 9.72. The molecule has 4 heteroatoms. The number of para-hydroxylation sites is 1. The van der Waals surface area contributed by atoms with Crippen LogP contribution in [0.3, 0.4) is 0 Å². The van der Waals surface area contributed by atoms with Crippen molar-refractivity contribution >= 4 is 16.9 Å². The molecule has 1 aromatic heterocycles. The van der Waals surface area contributed by atoms with Gasteiger partial charge in [0.15, 0.2) is 0 Å². The van der Waals surface area contributed by atoms with E-state index < -0.39 is 11.9 Å². The van der Waals surface area contributed by atoms with Crippen LogP contribution in [0.15, 0.2) is 30.5 Å². The van der Waals surface area contributed by atoms with E-state index in [0.29, 0.717) is 6.42 Å². The van der Waals surface area contributed by atoms with Gasteiger partial charge in [-0.3, -0.25) is 4.79 Å². The van der Waals surface area contributed by atoms with Gasteiger partial charge >= 0.3 is 5.97 Å². The molecule has 2 rings (SSSR count). The molecule has 92 valence electrons. The van der Waals surface area contributed by atoms with Crippen LogP contribution < -0.4 is 0 Å². The van der Waals surface area contributed by atoms with Gasteiger partial charge in [0.05, 0.1) is 12.0 Å². The van der Waals surface area contributed by atoms with Crippen LogP contribution in [0, 0.1) is 11.3 Å². The Morgan fingerprint density at radius 2 is 2.22 bits per heavy atom. The van der Waals surface area contributed by atoms with Crippen molar-refractivity contribution in [2.75, 3.05) is 0 Å². The minimum Gasteiger partial charge on any atom is -0.481 e. The summed E-state index contributed by atoms with van der Waals surface area (Å²) in [5, 5.41) is 18.9. The number of fused-ring (bicyclic) bond motifs is 1. The van der Waals surface area contributed by atoms with Crippen LogP contribution in [0.4, 0.5) is 0 Å². The molecular weight excluding hydrogens is 228 g/mol. The van der Waals surface area contributed by atoms with Crippen molar-refractivity contribution in [3.05, 3.63) is 36.0 Å². The molecule has 1 atom stereocenters. The third-order valence-corrected chi connectivity index (χ3v) is 3.15. The van der Waals surface area contributed by atoms with Crippen LogP contribution >= 0.6 is 0 Å². The van der Waals surface area contributed by atoms with Crippen molar-refractivity contribution < 1.29 is 9.90 Å². The summed E-state index contributed by atoms with van der Waals surface area (Å²) < 4.78 is 1.92. The summed E-state index contributed by atoms with van der Waals surface area (Å²) in [5.41, 5.74) is 1.80. The molecule has 0 aliphatic rings. The van der Waals surface area contributed by atoms with Gasteiger partial charge in [-0.1, -0.05) is 18.2 Å². The highest BCUT2D eigenvalue weighted by molar-refractivity contribution is 5.89. The second-order valence-corrected chi connectivity index (χ2v) is 4.30. The van der Waals surface area contributed by atoms with Gasteiger partial charge in [0.1, 0.15) is 0 Å². The second-order valence-electron chi connectivity index (χ2n) is 4.30. The number of nitrogens with zero attached hydrogens (tertiary/aromatic N) is 2. The molecule has 0 aliphatic carbocycles. The Morgan fingerprint density at radius 1 is 1.50 bits per heavy atom. The number of carbonyl (C=O) groups is 1. The van der Waals surface area contributed by atoms with E-state index in [0.717, 1.165) is 16.5 Å². The minimum atomic E-state index is -0.874. The van der Waals surface area contributed by atoms with E-state index in [1.165, 1.54) is 0 Å². The first kappa shape index (κ1) is 12.2. The van der Waals surface area contributed by atoms with E-state index in [4.69, 9.17) is 5.26 Å². The Labute approximate surface area is 105 Å². The lowest BCUT2D eigenvalue weighted by molar-refractivity contribution is -0.138. The first-order chi connectivity index (χ1) is 8.65. The molecule has 0 bridgehead atoms. The number of aliphatic carboxylic acids is 1. The fraction of sp³-hybridized carbons (Fsp3) is 0.286. The summed E-state index contributed by atoms with van der Waals surface area (Å²) in [4.78, 5) is 11.3. The van der Waals surface area contributed by atoms with E-state index in [9.17, 15) is 9.90 Å². The predicted octanol–water partition coefficient (Wildman–Crippen LogP) is 2.65. The van der Waals surface area contributed by atoms with E-state index in [1.54, 1.807) is 0 Å². The zero-order valence-electron chi connectivity index (χ0n) is 10.1. The maximum absolute atomic E-state index is 11.3. The molecule has 0 spiro atoms. The van der Waals surface area contributed by atoms with E-state index in [1.807, 2.05) is 48.1 Å². The third-order valence-electron chi connectivity index (χ3n) is 3.15. The molecule has 1 N–H and O–H groups in total. The average molecular weight is 242 g/mol. The first-order valence-corrected chi connectivity index (χ1v) is 5.79. The Balaban J connectivity index is 2.51. The molecule has 0 fully saturated rings. The molecule has 1 unspecified atom stereocenters. The van der Waals surface area contributed by atoms with Crippen LogP contribution in [0.2, 0.25) is 0 Å². The van der Waals surface area contributed by atoms with E-state index >= 15 is 0 Å². The van der Waals surface area contributed by atoms with Crippen LogP contribution in [0.1, 0.15) is 24.3 Å². The Bertz CT molecular complexity index is 622. The van der Waals surface area contributed by atoms with Crippen molar-refractivity contribution in [3.63, 3.8) is 0 Å². The number of aryl methyl sites for hydroxylation is 1. The lowest BCUT2D eigenvalue weighted by Crippen LogP contribution is -2.11. The van der Waals surface area contributed by atoms with Gasteiger partial charge in [-0.15, -0.1) is 0 Å². The van der Waals surface area contributed by atoms with Crippen molar-refractivity contribution in [1.82, 2.24) is 4.57 Å². The number of carboxylic acid groups (broad SMARTS) is 1. The number of nitriles is 1. The molecule has 0 aliphatic heterocycles. The van der Waals surface area contributed by atoms with Gasteiger partial charge in [0.2, 0.25) is 0 Å². The maximum atomic E-state index is 11.3.